The normalized spacial score (nSPS) is 10.7. The molecule has 152 valence electrons. The Labute approximate surface area is 175 Å². The molecule has 0 aliphatic rings. The van der Waals surface area contributed by atoms with E-state index in [4.69, 9.17) is 5.11 Å². The third-order valence-electron chi connectivity index (χ3n) is 3.83. The van der Waals surface area contributed by atoms with Gasteiger partial charge in [0.2, 0.25) is 5.95 Å². The number of carboxylic acids is 1. The lowest BCUT2D eigenvalue weighted by Gasteiger charge is -2.05. The summed E-state index contributed by atoms with van der Waals surface area (Å²) in [4.78, 5) is 36.5. The van der Waals surface area contributed by atoms with E-state index in [1.54, 1.807) is 42.4 Å². The number of nitrogens with one attached hydrogen (secondary N) is 3. The summed E-state index contributed by atoms with van der Waals surface area (Å²) >= 11 is 3.05. The zero-order valence-electron chi connectivity index (χ0n) is 15.6. The number of rotatable bonds is 10. The van der Waals surface area contributed by atoms with Gasteiger partial charge in [-0.05, 0) is 30.9 Å². The summed E-state index contributed by atoms with van der Waals surface area (Å²) in [5.74, 6) is -0.894. The van der Waals surface area contributed by atoms with Gasteiger partial charge in [0, 0.05) is 35.9 Å². The van der Waals surface area contributed by atoms with Gasteiger partial charge < -0.3 is 21.1 Å². The van der Waals surface area contributed by atoms with Crippen LogP contribution in [0.25, 0.3) is 10.2 Å². The Hall–Kier alpha value is -2.92. The number of carbonyl (C=O) groups is 2. The first-order valence-electron chi connectivity index (χ1n) is 8.79. The van der Waals surface area contributed by atoms with E-state index in [2.05, 4.69) is 30.9 Å². The van der Waals surface area contributed by atoms with Crippen molar-refractivity contribution in [2.24, 2.45) is 0 Å². The number of anilines is 2. The molecule has 1 aromatic carbocycles. The molecular formula is C18H20N6O3S2. The summed E-state index contributed by atoms with van der Waals surface area (Å²) in [6.45, 7) is 1.04. The number of aromatic nitrogens is 3. The van der Waals surface area contributed by atoms with Gasteiger partial charge in [0.25, 0.3) is 5.91 Å². The molecule has 0 atom stereocenters. The molecule has 0 unspecified atom stereocenters. The number of benzene rings is 1. The number of hydrogen-bond acceptors (Lipinski definition) is 9. The van der Waals surface area contributed by atoms with E-state index >= 15 is 0 Å². The third kappa shape index (κ3) is 6.03. The van der Waals surface area contributed by atoms with Crippen LogP contribution in [0.1, 0.15) is 16.8 Å². The molecule has 11 heteroatoms. The van der Waals surface area contributed by atoms with E-state index in [9.17, 15) is 9.59 Å². The SMILES string of the molecule is CSc1cnc(NCCCNc2nc3ccc(C(=O)NCC(=O)O)cc3s2)nc1. The lowest BCUT2D eigenvalue weighted by atomic mass is 10.2. The van der Waals surface area contributed by atoms with Gasteiger partial charge in [0.05, 0.1) is 10.2 Å². The molecule has 29 heavy (non-hydrogen) atoms. The van der Waals surface area contributed by atoms with Crippen molar-refractivity contribution in [2.45, 2.75) is 11.3 Å². The van der Waals surface area contributed by atoms with Crippen LogP contribution < -0.4 is 16.0 Å². The summed E-state index contributed by atoms with van der Waals surface area (Å²) < 4.78 is 0.857. The number of aliphatic carboxylic acids is 1. The first-order valence-corrected chi connectivity index (χ1v) is 10.8. The summed E-state index contributed by atoms with van der Waals surface area (Å²) in [6.07, 6.45) is 6.41. The van der Waals surface area contributed by atoms with E-state index in [1.807, 2.05) is 6.26 Å². The number of thiazole rings is 1. The second kappa shape index (κ2) is 10.0. The van der Waals surface area contributed by atoms with Crippen molar-refractivity contribution in [3.63, 3.8) is 0 Å². The Morgan fingerprint density at radius 3 is 2.66 bits per heavy atom. The lowest BCUT2D eigenvalue weighted by molar-refractivity contribution is -0.135. The molecule has 0 bridgehead atoms. The van der Waals surface area contributed by atoms with Crippen LogP contribution in [0.4, 0.5) is 11.1 Å². The Morgan fingerprint density at radius 2 is 1.93 bits per heavy atom. The van der Waals surface area contributed by atoms with Gasteiger partial charge in [-0.15, -0.1) is 11.8 Å². The molecule has 2 aromatic heterocycles. The molecule has 3 aromatic rings. The number of nitrogens with zero attached hydrogens (tertiary/aromatic N) is 3. The summed E-state index contributed by atoms with van der Waals surface area (Å²) in [5.41, 5.74) is 1.19. The smallest absolute Gasteiger partial charge is 0.322 e. The molecule has 0 aliphatic heterocycles. The minimum atomic E-state index is -1.08. The first-order chi connectivity index (χ1) is 14.0. The number of fused-ring (bicyclic) bond motifs is 1. The molecule has 0 radical (unpaired) electrons. The number of carbonyl (C=O) groups excluding carboxylic acids is 1. The maximum atomic E-state index is 12.0. The van der Waals surface area contributed by atoms with Crippen LogP contribution in [0, 0.1) is 0 Å². The predicted octanol–water partition coefficient (Wildman–Crippen LogP) is 2.54. The van der Waals surface area contributed by atoms with E-state index < -0.39 is 18.4 Å². The van der Waals surface area contributed by atoms with E-state index in [-0.39, 0.29) is 0 Å². The number of amides is 1. The van der Waals surface area contributed by atoms with Crippen molar-refractivity contribution < 1.29 is 14.7 Å². The van der Waals surface area contributed by atoms with Crippen LogP contribution >= 0.6 is 23.1 Å². The van der Waals surface area contributed by atoms with Crippen LogP contribution in [-0.4, -0.2) is 57.8 Å². The molecule has 1 amide bonds. The summed E-state index contributed by atoms with van der Waals surface area (Å²) in [6, 6.07) is 5.10. The van der Waals surface area contributed by atoms with Gasteiger partial charge in [-0.25, -0.2) is 15.0 Å². The highest BCUT2D eigenvalue weighted by atomic mass is 32.2. The van der Waals surface area contributed by atoms with E-state index in [0.29, 0.717) is 11.5 Å². The Bertz CT molecular complexity index is 993. The fourth-order valence-corrected chi connectivity index (χ4v) is 3.64. The van der Waals surface area contributed by atoms with E-state index in [1.165, 1.54) is 11.3 Å². The minimum absolute atomic E-state index is 0.408. The topological polar surface area (TPSA) is 129 Å². The van der Waals surface area contributed by atoms with Crippen molar-refractivity contribution in [3.8, 4) is 0 Å². The van der Waals surface area contributed by atoms with Crippen molar-refractivity contribution >= 4 is 56.3 Å². The Balaban J connectivity index is 1.47. The number of carboxylic acid groups (broad SMARTS) is 1. The minimum Gasteiger partial charge on any atom is -0.480 e. The van der Waals surface area contributed by atoms with Crippen LogP contribution in [0.5, 0.6) is 0 Å². The molecule has 0 spiro atoms. The van der Waals surface area contributed by atoms with Crippen molar-refractivity contribution in [1.82, 2.24) is 20.3 Å². The highest BCUT2D eigenvalue weighted by Gasteiger charge is 2.10. The highest BCUT2D eigenvalue weighted by Crippen LogP contribution is 2.26. The van der Waals surface area contributed by atoms with Gasteiger partial charge >= 0.3 is 5.97 Å². The first kappa shape index (κ1) is 20.8. The maximum absolute atomic E-state index is 12.0. The monoisotopic (exact) mass is 432 g/mol. The van der Waals surface area contributed by atoms with E-state index in [0.717, 1.165) is 39.8 Å². The quantitative estimate of drug-likeness (QED) is 0.282. The molecule has 0 saturated carbocycles. The second-order valence-corrected chi connectivity index (χ2v) is 7.84. The largest absolute Gasteiger partial charge is 0.480 e. The van der Waals surface area contributed by atoms with Gasteiger partial charge in [-0.1, -0.05) is 11.3 Å². The van der Waals surface area contributed by atoms with Crippen molar-refractivity contribution in [2.75, 3.05) is 36.5 Å². The van der Waals surface area contributed by atoms with Crippen LogP contribution in [0.15, 0.2) is 35.5 Å². The maximum Gasteiger partial charge on any atom is 0.322 e. The van der Waals surface area contributed by atoms with Gasteiger partial charge in [0.15, 0.2) is 5.13 Å². The molecular weight excluding hydrogens is 412 g/mol. The fraction of sp³-hybridized carbons (Fsp3) is 0.278. The van der Waals surface area contributed by atoms with Crippen LogP contribution in [0.3, 0.4) is 0 Å². The average Bonchev–Trinajstić information content (AvgIpc) is 3.14. The Morgan fingerprint density at radius 1 is 1.17 bits per heavy atom. The van der Waals surface area contributed by atoms with Crippen LogP contribution in [-0.2, 0) is 4.79 Å². The Kier molecular flexibility index (Phi) is 7.19. The summed E-state index contributed by atoms with van der Waals surface area (Å²) in [7, 11) is 0. The molecule has 2 heterocycles. The molecule has 4 N–H and O–H groups in total. The predicted molar refractivity (Wildman–Crippen MR) is 115 cm³/mol. The standard InChI is InChI=1S/C18H20N6O3S2/c1-28-12-8-22-17(23-9-12)19-5-2-6-20-18-24-13-4-3-11(7-14(13)29-18)16(27)21-10-15(25)26/h3-4,7-9H,2,5-6,10H2,1H3,(H,20,24)(H,21,27)(H,25,26)(H,19,22,23). The second-order valence-electron chi connectivity index (χ2n) is 5.93. The average molecular weight is 433 g/mol. The van der Waals surface area contributed by atoms with Crippen LogP contribution in [0.2, 0.25) is 0 Å². The molecule has 3 rings (SSSR count). The number of hydrogen-bond donors (Lipinski definition) is 4. The van der Waals surface area contributed by atoms with Crippen molar-refractivity contribution in [3.05, 3.63) is 36.2 Å². The zero-order valence-corrected chi connectivity index (χ0v) is 17.3. The summed E-state index contributed by atoms with van der Waals surface area (Å²) in [5, 5.41) is 18.2. The fourth-order valence-electron chi connectivity index (χ4n) is 2.40. The number of thioether (sulfide) groups is 1. The lowest BCUT2D eigenvalue weighted by Crippen LogP contribution is -2.29. The third-order valence-corrected chi connectivity index (χ3v) is 5.49. The molecule has 0 fully saturated rings. The van der Waals surface area contributed by atoms with Gasteiger partial charge in [-0.2, -0.15) is 0 Å². The highest BCUT2D eigenvalue weighted by molar-refractivity contribution is 7.98. The molecule has 9 nitrogen and oxygen atoms in total. The zero-order chi connectivity index (χ0) is 20.6. The molecule has 0 saturated heterocycles. The molecule has 0 aliphatic carbocycles. The van der Waals surface area contributed by atoms with Crippen molar-refractivity contribution in [1.29, 1.82) is 0 Å². The van der Waals surface area contributed by atoms with Gasteiger partial charge in [-0.3, -0.25) is 9.59 Å². The van der Waals surface area contributed by atoms with Gasteiger partial charge in [0.1, 0.15) is 6.54 Å².